The molecule has 4 rings (SSSR count). The van der Waals surface area contributed by atoms with Gasteiger partial charge in [0.25, 0.3) is 0 Å². The van der Waals surface area contributed by atoms with Gasteiger partial charge < -0.3 is 4.74 Å². The van der Waals surface area contributed by atoms with Crippen LogP contribution in [0.1, 0.15) is 25.8 Å². The van der Waals surface area contributed by atoms with Crippen molar-refractivity contribution in [1.29, 1.82) is 0 Å². The molecule has 2 heteroatoms. The molecule has 0 aliphatic carbocycles. The number of epoxide rings is 1. The first-order chi connectivity index (χ1) is 13.2. The summed E-state index contributed by atoms with van der Waals surface area (Å²) in [6.45, 7) is 5.33. The molecule has 1 fully saturated rings. The maximum absolute atomic E-state index is 5.68. The second-order valence-electron chi connectivity index (χ2n) is 7.75. The number of rotatable bonds is 7. The molecule has 3 aromatic carbocycles. The molecule has 0 spiro atoms. The largest absolute Gasteiger partial charge is 0.353 e. The van der Waals surface area contributed by atoms with Gasteiger partial charge in [0.05, 0.1) is 6.10 Å². The van der Waals surface area contributed by atoms with Crippen LogP contribution in [0.2, 0.25) is 0 Å². The predicted molar refractivity (Wildman–Crippen MR) is 112 cm³/mol. The molecule has 0 saturated carbocycles. The SMILES string of the molecule is CC(C)CC1OC1NCc1ccc(-c2ccc(-c3ccccc3)cc2)cc1. The van der Waals surface area contributed by atoms with Crippen LogP contribution in [-0.2, 0) is 11.3 Å². The summed E-state index contributed by atoms with van der Waals surface area (Å²) in [5.74, 6) is 0.689. The van der Waals surface area contributed by atoms with Crippen molar-refractivity contribution in [2.75, 3.05) is 0 Å². The lowest BCUT2D eigenvalue weighted by Gasteiger charge is -2.07. The molecule has 2 atom stereocenters. The zero-order valence-corrected chi connectivity index (χ0v) is 16.1. The first-order valence-electron chi connectivity index (χ1n) is 9.83. The van der Waals surface area contributed by atoms with Crippen molar-refractivity contribution >= 4 is 0 Å². The van der Waals surface area contributed by atoms with Crippen LogP contribution in [0.4, 0.5) is 0 Å². The Balaban J connectivity index is 1.35. The van der Waals surface area contributed by atoms with Gasteiger partial charge in [0, 0.05) is 6.54 Å². The Kier molecular flexibility index (Phi) is 5.38. The van der Waals surface area contributed by atoms with Gasteiger partial charge in [-0.1, -0.05) is 92.7 Å². The van der Waals surface area contributed by atoms with Gasteiger partial charge >= 0.3 is 0 Å². The standard InChI is InChI=1S/C25H27NO/c1-18(2)16-24-25(27-24)26-17-19-8-10-21(11-9-19)23-14-12-22(13-15-23)20-6-4-3-5-7-20/h3-15,18,24-26H,16-17H2,1-2H3. The van der Waals surface area contributed by atoms with Gasteiger partial charge in [0.15, 0.2) is 0 Å². The van der Waals surface area contributed by atoms with Crippen molar-refractivity contribution in [3.8, 4) is 22.3 Å². The molecule has 27 heavy (non-hydrogen) atoms. The molecule has 0 bridgehead atoms. The van der Waals surface area contributed by atoms with E-state index in [-0.39, 0.29) is 6.23 Å². The first kappa shape index (κ1) is 18.0. The highest BCUT2D eigenvalue weighted by molar-refractivity contribution is 5.70. The minimum Gasteiger partial charge on any atom is -0.353 e. The van der Waals surface area contributed by atoms with Crippen molar-refractivity contribution in [3.05, 3.63) is 84.4 Å². The Bertz CT molecular complexity index is 853. The maximum Gasteiger partial charge on any atom is 0.135 e. The first-order valence-corrected chi connectivity index (χ1v) is 9.83. The summed E-state index contributed by atoms with van der Waals surface area (Å²) in [6.07, 6.45) is 1.76. The molecule has 1 aliphatic rings. The predicted octanol–water partition coefficient (Wildman–Crippen LogP) is 5.88. The van der Waals surface area contributed by atoms with Crippen molar-refractivity contribution in [3.63, 3.8) is 0 Å². The fraction of sp³-hybridized carbons (Fsp3) is 0.280. The summed E-state index contributed by atoms with van der Waals surface area (Å²) < 4.78 is 5.68. The Labute approximate surface area is 162 Å². The quantitative estimate of drug-likeness (QED) is 0.534. The fourth-order valence-electron chi connectivity index (χ4n) is 3.49. The molecule has 1 aliphatic heterocycles. The maximum atomic E-state index is 5.68. The van der Waals surface area contributed by atoms with Gasteiger partial charge in [-0.2, -0.15) is 0 Å². The fourth-order valence-corrected chi connectivity index (χ4v) is 3.49. The Morgan fingerprint density at radius 3 is 1.81 bits per heavy atom. The molecule has 1 N–H and O–H groups in total. The minimum atomic E-state index is 0.234. The average molecular weight is 357 g/mol. The van der Waals surface area contributed by atoms with Crippen LogP contribution in [0.15, 0.2) is 78.9 Å². The third-order valence-electron chi connectivity index (χ3n) is 5.07. The zero-order valence-electron chi connectivity index (χ0n) is 16.1. The van der Waals surface area contributed by atoms with E-state index < -0.39 is 0 Å². The average Bonchev–Trinajstić information content (AvgIpc) is 3.44. The molecule has 0 amide bonds. The molecule has 2 unspecified atom stereocenters. The third kappa shape index (κ3) is 4.65. The molecule has 0 aromatic heterocycles. The Morgan fingerprint density at radius 2 is 1.26 bits per heavy atom. The monoisotopic (exact) mass is 357 g/mol. The number of hydrogen-bond donors (Lipinski definition) is 1. The zero-order chi connectivity index (χ0) is 18.6. The molecular formula is C25H27NO. The molecule has 2 nitrogen and oxygen atoms in total. The molecular weight excluding hydrogens is 330 g/mol. The second kappa shape index (κ2) is 8.08. The van der Waals surface area contributed by atoms with E-state index in [0.717, 1.165) is 13.0 Å². The lowest BCUT2D eigenvalue weighted by atomic mass is 9.99. The second-order valence-corrected chi connectivity index (χ2v) is 7.75. The van der Waals surface area contributed by atoms with Crippen molar-refractivity contribution in [1.82, 2.24) is 5.32 Å². The summed E-state index contributed by atoms with van der Waals surface area (Å²) in [7, 11) is 0. The third-order valence-corrected chi connectivity index (χ3v) is 5.07. The smallest absolute Gasteiger partial charge is 0.135 e. The van der Waals surface area contributed by atoms with Crippen LogP contribution < -0.4 is 5.32 Å². The van der Waals surface area contributed by atoms with Crippen LogP contribution >= 0.6 is 0 Å². The Hall–Kier alpha value is -2.42. The van der Waals surface area contributed by atoms with E-state index in [1.165, 1.54) is 27.8 Å². The lowest BCUT2D eigenvalue weighted by Crippen LogP contribution is -2.19. The highest BCUT2D eigenvalue weighted by Gasteiger charge is 2.38. The highest BCUT2D eigenvalue weighted by atomic mass is 16.6. The minimum absolute atomic E-state index is 0.234. The van der Waals surface area contributed by atoms with Gasteiger partial charge in [0.2, 0.25) is 0 Å². The van der Waals surface area contributed by atoms with E-state index in [9.17, 15) is 0 Å². The summed E-state index contributed by atoms with van der Waals surface area (Å²) in [5, 5.41) is 3.49. The van der Waals surface area contributed by atoms with E-state index in [1.54, 1.807) is 0 Å². The molecule has 3 aromatic rings. The highest BCUT2D eigenvalue weighted by Crippen LogP contribution is 2.27. The van der Waals surface area contributed by atoms with Crippen LogP contribution in [0, 0.1) is 5.92 Å². The van der Waals surface area contributed by atoms with Crippen LogP contribution in [0.3, 0.4) is 0 Å². The molecule has 138 valence electrons. The normalized spacial score (nSPS) is 18.6. The molecule has 0 radical (unpaired) electrons. The van der Waals surface area contributed by atoms with Gasteiger partial charge in [-0.05, 0) is 40.2 Å². The van der Waals surface area contributed by atoms with E-state index in [2.05, 4.69) is 92.0 Å². The number of hydrogen-bond acceptors (Lipinski definition) is 2. The van der Waals surface area contributed by atoms with E-state index in [4.69, 9.17) is 4.74 Å². The molecule has 1 saturated heterocycles. The number of ether oxygens (including phenoxy) is 1. The summed E-state index contributed by atoms with van der Waals surface area (Å²) in [6, 6.07) is 28.1. The van der Waals surface area contributed by atoms with Gasteiger partial charge in [-0.25, -0.2) is 0 Å². The summed E-state index contributed by atoms with van der Waals surface area (Å²) >= 11 is 0. The topological polar surface area (TPSA) is 24.6 Å². The van der Waals surface area contributed by atoms with Crippen molar-refractivity contribution in [2.45, 2.75) is 39.1 Å². The summed E-state index contributed by atoms with van der Waals surface area (Å²) in [5.41, 5.74) is 6.29. The number of nitrogens with one attached hydrogen (secondary N) is 1. The van der Waals surface area contributed by atoms with Gasteiger partial charge in [-0.15, -0.1) is 0 Å². The summed E-state index contributed by atoms with van der Waals surface area (Å²) in [4.78, 5) is 0. The van der Waals surface area contributed by atoms with E-state index >= 15 is 0 Å². The number of benzene rings is 3. The van der Waals surface area contributed by atoms with Gasteiger partial charge in [-0.3, -0.25) is 5.32 Å². The van der Waals surface area contributed by atoms with Crippen molar-refractivity contribution < 1.29 is 4.74 Å². The molecule has 1 heterocycles. The van der Waals surface area contributed by atoms with Crippen molar-refractivity contribution in [2.24, 2.45) is 5.92 Å². The van der Waals surface area contributed by atoms with Crippen LogP contribution in [0.25, 0.3) is 22.3 Å². The van der Waals surface area contributed by atoms with E-state index in [0.29, 0.717) is 12.0 Å². The van der Waals surface area contributed by atoms with Crippen LogP contribution in [0.5, 0.6) is 0 Å². The lowest BCUT2D eigenvalue weighted by molar-refractivity contribution is 0.328. The van der Waals surface area contributed by atoms with E-state index in [1.807, 2.05) is 6.07 Å². The van der Waals surface area contributed by atoms with Crippen LogP contribution in [-0.4, -0.2) is 12.3 Å². The Morgan fingerprint density at radius 1 is 0.741 bits per heavy atom. The van der Waals surface area contributed by atoms with Gasteiger partial charge in [0.1, 0.15) is 6.23 Å².